The predicted molar refractivity (Wildman–Crippen MR) is 123 cm³/mol. The lowest BCUT2D eigenvalue weighted by atomic mass is 10.1. The van der Waals surface area contributed by atoms with Gasteiger partial charge in [0.05, 0.1) is 10.00 Å². The monoisotopic (exact) mass is 487 g/mol. The van der Waals surface area contributed by atoms with E-state index in [9.17, 15) is 22.8 Å². The van der Waals surface area contributed by atoms with Crippen molar-refractivity contribution in [1.82, 2.24) is 14.8 Å². The summed E-state index contributed by atoms with van der Waals surface area (Å²) in [5, 5.41) is 2.29. The van der Waals surface area contributed by atoms with Crippen molar-refractivity contribution in [3.63, 3.8) is 0 Å². The van der Waals surface area contributed by atoms with Crippen molar-refractivity contribution in [2.75, 3.05) is 13.1 Å². The molecule has 3 aliphatic rings. The molecule has 0 atom stereocenters. The van der Waals surface area contributed by atoms with Crippen molar-refractivity contribution >= 4 is 21.7 Å². The minimum Gasteiger partial charge on any atom is -0.348 e. The van der Waals surface area contributed by atoms with Crippen molar-refractivity contribution < 1.29 is 22.4 Å². The Balaban J connectivity index is 1.35. The molecule has 0 radical (unpaired) electrons. The number of rotatable bonds is 7. The Labute approximate surface area is 196 Å². The van der Waals surface area contributed by atoms with Crippen LogP contribution in [0.3, 0.4) is 0 Å². The van der Waals surface area contributed by atoms with Gasteiger partial charge in [-0.05, 0) is 44.2 Å². The van der Waals surface area contributed by atoms with E-state index in [0.717, 1.165) is 21.8 Å². The van der Waals surface area contributed by atoms with Gasteiger partial charge in [-0.25, -0.2) is 12.8 Å². The number of sulfone groups is 1. The topological polar surface area (TPSA) is 106 Å². The van der Waals surface area contributed by atoms with Crippen molar-refractivity contribution in [2.45, 2.75) is 55.7 Å². The molecule has 1 aromatic heterocycles. The lowest BCUT2D eigenvalue weighted by molar-refractivity contribution is 0.0686. The van der Waals surface area contributed by atoms with Crippen LogP contribution in [0.2, 0.25) is 0 Å². The average molecular weight is 488 g/mol. The summed E-state index contributed by atoms with van der Waals surface area (Å²) in [6, 6.07) is 8.29. The molecule has 0 spiro atoms. The number of nitrogens with one attached hydrogen (secondary N) is 1. The van der Waals surface area contributed by atoms with E-state index in [1.807, 2.05) is 31.2 Å². The third kappa shape index (κ3) is 3.83. The van der Waals surface area contributed by atoms with Gasteiger partial charge in [-0.3, -0.25) is 19.0 Å². The van der Waals surface area contributed by atoms with Crippen LogP contribution in [0, 0.1) is 12.7 Å². The molecule has 180 valence electrons. The zero-order valence-corrected chi connectivity index (χ0v) is 19.7. The quantitative estimate of drug-likeness (QED) is 0.641. The molecule has 2 heterocycles. The minimum absolute atomic E-state index is 0.00450. The maximum absolute atomic E-state index is 15.0. The Morgan fingerprint density at radius 1 is 1.15 bits per heavy atom. The molecule has 2 saturated carbocycles. The molecule has 2 amide bonds. The van der Waals surface area contributed by atoms with Gasteiger partial charge in [-0.2, -0.15) is 0 Å². The highest BCUT2D eigenvalue weighted by Crippen LogP contribution is 2.50. The number of benzene rings is 1. The summed E-state index contributed by atoms with van der Waals surface area (Å²) in [5.41, 5.74) is 0.369. The van der Waals surface area contributed by atoms with E-state index in [2.05, 4.69) is 5.32 Å². The molecule has 34 heavy (non-hydrogen) atoms. The third-order valence-electron chi connectivity index (χ3n) is 7.00. The van der Waals surface area contributed by atoms with Crippen LogP contribution in [0.15, 0.2) is 35.1 Å². The standard InChI is InChI=1S/C24H26FN3O5S/c1-15-2-4-16(5-3-15)13-26-21(29)18-12-19(25)20-23(31)27(10-11-28(20)22(18)30)14-24(8-9-24)34(32,33)17-6-7-17/h2-5,12,17H,6-11,13-14H2,1H3,(H,26,29). The fourth-order valence-corrected chi connectivity index (χ4v) is 7.06. The average Bonchev–Trinajstić information content (AvgIpc) is 3.71. The number of nitrogens with zero attached hydrogens (tertiary/aromatic N) is 2. The molecule has 8 nitrogen and oxygen atoms in total. The summed E-state index contributed by atoms with van der Waals surface area (Å²) in [7, 11) is -3.33. The van der Waals surface area contributed by atoms with Crippen molar-refractivity contribution in [2.24, 2.45) is 0 Å². The summed E-state index contributed by atoms with van der Waals surface area (Å²) < 4.78 is 40.7. The van der Waals surface area contributed by atoms with Gasteiger partial charge in [0.2, 0.25) is 0 Å². The number of hydrogen-bond donors (Lipinski definition) is 1. The second-order valence-electron chi connectivity index (χ2n) is 9.53. The third-order valence-corrected chi connectivity index (χ3v) is 10.1. The maximum atomic E-state index is 15.0. The molecule has 5 rings (SSSR count). The summed E-state index contributed by atoms with van der Waals surface area (Å²) in [5.74, 6) is -2.41. The molecule has 2 fully saturated rings. The number of hydrogen-bond acceptors (Lipinski definition) is 5. The van der Waals surface area contributed by atoms with E-state index in [0.29, 0.717) is 25.7 Å². The van der Waals surface area contributed by atoms with Crippen LogP contribution < -0.4 is 10.9 Å². The van der Waals surface area contributed by atoms with Crippen LogP contribution in [-0.2, 0) is 22.9 Å². The van der Waals surface area contributed by atoms with Gasteiger partial charge in [0.15, 0.2) is 15.7 Å². The fraction of sp³-hybridized carbons (Fsp3) is 0.458. The van der Waals surface area contributed by atoms with E-state index in [1.165, 1.54) is 4.90 Å². The lowest BCUT2D eigenvalue weighted by Gasteiger charge is -2.32. The smallest absolute Gasteiger partial charge is 0.273 e. The summed E-state index contributed by atoms with van der Waals surface area (Å²) >= 11 is 0. The zero-order chi connectivity index (χ0) is 24.3. The molecular weight excluding hydrogens is 461 g/mol. The minimum atomic E-state index is -3.33. The second-order valence-corrected chi connectivity index (χ2v) is 12.2. The number of aryl methyl sites for hydroxylation is 1. The number of carbonyl (C=O) groups excluding carboxylic acids is 2. The van der Waals surface area contributed by atoms with Gasteiger partial charge >= 0.3 is 0 Å². The molecule has 1 aliphatic heterocycles. The summed E-state index contributed by atoms with van der Waals surface area (Å²) in [6.07, 6.45) is 2.29. The van der Waals surface area contributed by atoms with Crippen molar-refractivity contribution in [3.05, 3.63) is 68.9 Å². The Bertz CT molecular complexity index is 1340. The molecule has 1 N–H and O–H groups in total. The Morgan fingerprint density at radius 3 is 2.44 bits per heavy atom. The summed E-state index contributed by atoms with van der Waals surface area (Å²) in [4.78, 5) is 39.9. The summed E-state index contributed by atoms with van der Waals surface area (Å²) in [6.45, 7) is 2.21. The maximum Gasteiger partial charge on any atom is 0.273 e. The van der Waals surface area contributed by atoms with E-state index in [-0.39, 0.29) is 37.0 Å². The molecular formula is C24H26FN3O5S. The van der Waals surface area contributed by atoms with Crippen LogP contribution in [0.4, 0.5) is 4.39 Å². The van der Waals surface area contributed by atoms with E-state index in [4.69, 9.17) is 0 Å². The molecule has 0 bridgehead atoms. The van der Waals surface area contributed by atoms with E-state index >= 15 is 4.39 Å². The van der Waals surface area contributed by atoms with E-state index in [1.54, 1.807) is 0 Å². The van der Waals surface area contributed by atoms with Crippen LogP contribution in [-0.4, -0.2) is 52.8 Å². The Hall–Kier alpha value is -3.01. The van der Waals surface area contributed by atoms with Gasteiger partial charge in [-0.1, -0.05) is 29.8 Å². The van der Waals surface area contributed by atoms with Crippen LogP contribution in [0.25, 0.3) is 0 Å². The first-order valence-corrected chi connectivity index (χ1v) is 13.0. The highest BCUT2D eigenvalue weighted by atomic mass is 32.2. The van der Waals surface area contributed by atoms with Gasteiger partial charge in [0.25, 0.3) is 17.4 Å². The first kappa shape index (κ1) is 22.8. The highest BCUT2D eigenvalue weighted by Gasteiger charge is 2.60. The van der Waals surface area contributed by atoms with Crippen molar-refractivity contribution in [1.29, 1.82) is 0 Å². The Kier molecular flexibility index (Phi) is 5.38. The molecule has 2 aromatic rings. The highest BCUT2D eigenvalue weighted by molar-refractivity contribution is 7.94. The fourth-order valence-electron chi connectivity index (χ4n) is 4.58. The van der Waals surface area contributed by atoms with Gasteiger partial charge in [-0.15, -0.1) is 0 Å². The number of carbonyl (C=O) groups is 2. The lowest BCUT2D eigenvalue weighted by Crippen LogP contribution is -2.51. The second kappa shape index (κ2) is 8.04. The number of fused-ring (bicyclic) bond motifs is 1. The number of halogens is 1. The predicted octanol–water partition coefficient (Wildman–Crippen LogP) is 1.79. The van der Waals surface area contributed by atoms with Crippen molar-refractivity contribution in [3.8, 4) is 0 Å². The van der Waals surface area contributed by atoms with Gasteiger partial charge in [0.1, 0.15) is 11.3 Å². The Morgan fingerprint density at radius 2 is 1.82 bits per heavy atom. The molecule has 0 unspecified atom stereocenters. The zero-order valence-electron chi connectivity index (χ0n) is 18.8. The first-order chi connectivity index (χ1) is 16.1. The van der Waals surface area contributed by atoms with Gasteiger partial charge < -0.3 is 10.2 Å². The molecule has 0 saturated heterocycles. The molecule has 10 heteroatoms. The van der Waals surface area contributed by atoms with Gasteiger partial charge in [0, 0.05) is 26.2 Å². The largest absolute Gasteiger partial charge is 0.348 e. The molecule has 2 aliphatic carbocycles. The first-order valence-electron chi connectivity index (χ1n) is 11.4. The van der Waals surface area contributed by atoms with Crippen LogP contribution >= 0.6 is 0 Å². The number of pyridine rings is 1. The van der Waals surface area contributed by atoms with Crippen LogP contribution in [0.1, 0.15) is 57.7 Å². The SMILES string of the molecule is Cc1ccc(CNC(=O)c2cc(F)c3n(c2=O)CCN(CC2(S(=O)(=O)C4CC4)CC2)C3=O)cc1. The normalized spacial score (nSPS) is 19.0. The number of amides is 2. The van der Waals surface area contributed by atoms with Crippen LogP contribution in [0.5, 0.6) is 0 Å². The van der Waals surface area contributed by atoms with E-state index < -0.39 is 43.5 Å². The molecule has 1 aromatic carbocycles. The number of aromatic nitrogens is 1.